The molecule has 1 amide bonds. The minimum atomic E-state index is -3.34. The quantitative estimate of drug-likeness (QED) is 0.883. The van der Waals surface area contributed by atoms with E-state index < -0.39 is 9.84 Å². The lowest BCUT2D eigenvalue weighted by molar-refractivity contribution is 0.0789. The van der Waals surface area contributed by atoms with Crippen LogP contribution < -0.4 is 5.73 Å². The summed E-state index contributed by atoms with van der Waals surface area (Å²) in [5.41, 5.74) is 7.72. The molecule has 1 saturated heterocycles. The van der Waals surface area contributed by atoms with E-state index in [1.54, 1.807) is 17.0 Å². The maximum atomic E-state index is 12.7. The van der Waals surface area contributed by atoms with Crippen LogP contribution >= 0.6 is 12.4 Å². The molecule has 0 aliphatic carbocycles. The third-order valence-electron chi connectivity index (χ3n) is 4.39. The number of rotatable bonds is 3. The highest BCUT2D eigenvalue weighted by Gasteiger charge is 2.34. The van der Waals surface area contributed by atoms with Crippen molar-refractivity contribution in [2.24, 2.45) is 5.73 Å². The second kappa shape index (κ2) is 7.56. The molecule has 0 spiro atoms. The maximum absolute atomic E-state index is 12.7. The second-order valence-corrected chi connectivity index (χ2v) is 8.21. The predicted molar refractivity (Wildman–Crippen MR) is 99.9 cm³/mol. The Morgan fingerprint density at radius 3 is 2.40 bits per heavy atom. The first-order valence-electron chi connectivity index (χ1n) is 7.76. The van der Waals surface area contributed by atoms with E-state index in [-0.39, 0.29) is 35.2 Å². The molecule has 1 fully saturated rings. The lowest BCUT2D eigenvalue weighted by Crippen LogP contribution is -2.32. The molecule has 2 aromatic rings. The van der Waals surface area contributed by atoms with E-state index in [0.717, 1.165) is 11.8 Å². The van der Waals surface area contributed by atoms with Crippen molar-refractivity contribution in [2.45, 2.75) is 16.9 Å². The number of nitrogens with zero attached hydrogens (tertiary/aromatic N) is 1. The Morgan fingerprint density at radius 2 is 1.76 bits per heavy atom. The van der Waals surface area contributed by atoms with Gasteiger partial charge in [0.05, 0.1) is 4.90 Å². The molecule has 0 saturated carbocycles. The maximum Gasteiger partial charge on any atom is 0.253 e. The molecule has 5 nitrogen and oxygen atoms in total. The summed E-state index contributed by atoms with van der Waals surface area (Å²) >= 11 is 0. The number of nitrogens with two attached hydrogens (primary N) is 1. The third-order valence-corrected chi connectivity index (χ3v) is 5.50. The van der Waals surface area contributed by atoms with Gasteiger partial charge in [-0.15, -0.1) is 12.4 Å². The van der Waals surface area contributed by atoms with Crippen LogP contribution in [0.5, 0.6) is 0 Å². The summed E-state index contributed by atoms with van der Waals surface area (Å²) in [5, 5.41) is 0. The van der Waals surface area contributed by atoms with Gasteiger partial charge in [-0.2, -0.15) is 0 Å². The summed E-state index contributed by atoms with van der Waals surface area (Å²) in [4.78, 5) is 14.6. The second-order valence-electron chi connectivity index (χ2n) is 6.19. The number of sulfone groups is 1. The monoisotopic (exact) mass is 380 g/mol. The number of carbonyl (C=O) groups is 1. The van der Waals surface area contributed by atoms with Crippen LogP contribution in [0.3, 0.4) is 0 Å². The van der Waals surface area contributed by atoms with Gasteiger partial charge in [0.2, 0.25) is 0 Å². The molecule has 25 heavy (non-hydrogen) atoms. The van der Waals surface area contributed by atoms with Crippen molar-refractivity contribution in [2.75, 3.05) is 19.3 Å². The molecule has 0 bridgehead atoms. The zero-order valence-corrected chi connectivity index (χ0v) is 15.5. The lowest BCUT2D eigenvalue weighted by Gasteiger charge is -2.17. The highest BCUT2D eigenvalue weighted by Crippen LogP contribution is 2.27. The van der Waals surface area contributed by atoms with Crippen molar-refractivity contribution >= 4 is 28.2 Å². The molecule has 134 valence electrons. The molecule has 2 atom stereocenters. The average Bonchev–Trinajstić information content (AvgIpc) is 2.96. The Labute approximate surface area is 154 Å². The Kier molecular flexibility index (Phi) is 5.87. The number of carbonyl (C=O) groups excluding carboxylic acids is 1. The minimum Gasteiger partial charge on any atom is -0.336 e. The van der Waals surface area contributed by atoms with Gasteiger partial charge in [0, 0.05) is 36.9 Å². The highest BCUT2D eigenvalue weighted by atomic mass is 35.5. The van der Waals surface area contributed by atoms with E-state index in [2.05, 4.69) is 0 Å². The molecule has 1 aliphatic rings. The van der Waals surface area contributed by atoms with Gasteiger partial charge in [-0.3, -0.25) is 4.79 Å². The van der Waals surface area contributed by atoms with E-state index in [1.165, 1.54) is 12.1 Å². The molecule has 0 aromatic heterocycles. The van der Waals surface area contributed by atoms with E-state index >= 15 is 0 Å². The smallest absolute Gasteiger partial charge is 0.253 e. The van der Waals surface area contributed by atoms with Crippen molar-refractivity contribution in [3.05, 3.63) is 65.7 Å². The fourth-order valence-electron chi connectivity index (χ4n) is 3.09. The standard InChI is InChI=1S/C18H20N2O3S.ClH/c1-24(22,23)15-9-5-8-14(10-15)18(21)20-11-16(17(19)12-20)13-6-3-2-4-7-13;/h2-10,16-17H,11-12,19H2,1H3;1H/t16-,17+;/m0./s1. The summed E-state index contributed by atoms with van der Waals surface area (Å²) in [6.45, 7) is 0.995. The van der Waals surface area contributed by atoms with Crippen LogP contribution in [0.25, 0.3) is 0 Å². The Morgan fingerprint density at radius 1 is 1.08 bits per heavy atom. The highest BCUT2D eigenvalue weighted by molar-refractivity contribution is 7.90. The number of halogens is 1. The first kappa shape index (κ1) is 19.4. The molecular weight excluding hydrogens is 360 g/mol. The van der Waals surface area contributed by atoms with Crippen LogP contribution in [0.2, 0.25) is 0 Å². The number of hydrogen-bond acceptors (Lipinski definition) is 4. The summed E-state index contributed by atoms with van der Waals surface area (Å²) in [7, 11) is -3.34. The van der Waals surface area contributed by atoms with Gasteiger partial charge in [0.1, 0.15) is 0 Å². The Hall–Kier alpha value is -1.89. The van der Waals surface area contributed by atoms with Gasteiger partial charge in [-0.05, 0) is 23.8 Å². The fourth-order valence-corrected chi connectivity index (χ4v) is 3.76. The van der Waals surface area contributed by atoms with E-state index in [4.69, 9.17) is 5.73 Å². The van der Waals surface area contributed by atoms with Crippen molar-refractivity contribution in [1.82, 2.24) is 4.90 Å². The zero-order valence-electron chi connectivity index (χ0n) is 13.8. The minimum absolute atomic E-state index is 0. The Balaban J connectivity index is 0.00000225. The van der Waals surface area contributed by atoms with Gasteiger partial charge in [0.25, 0.3) is 5.91 Å². The largest absolute Gasteiger partial charge is 0.336 e. The van der Waals surface area contributed by atoms with Crippen molar-refractivity contribution in [1.29, 1.82) is 0 Å². The Bertz CT molecular complexity index is 856. The number of benzene rings is 2. The normalized spacial score (nSPS) is 20.2. The van der Waals surface area contributed by atoms with Crippen LogP contribution in [0.15, 0.2) is 59.5 Å². The van der Waals surface area contributed by atoms with Crippen molar-refractivity contribution in [3.8, 4) is 0 Å². The van der Waals surface area contributed by atoms with Gasteiger partial charge in [0.15, 0.2) is 9.84 Å². The fraction of sp³-hybridized carbons (Fsp3) is 0.278. The molecule has 1 aliphatic heterocycles. The van der Waals surface area contributed by atoms with Crippen molar-refractivity contribution < 1.29 is 13.2 Å². The van der Waals surface area contributed by atoms with Crippen LogP contribution in [0.1, 0.15) is 21.8 Å². The molecule has 0 radical (unpaired) electrons. The van der Waals surface area contributed by atoms with Gasteiger partial charge in [-0.1, -0.05) is 36.4 Å². The molecule has 2 aromatic carbocycles. The topological polar surface area (TPSA) is 80.5 Å². The lowest BCUT2D eigenvalue weighted by atomic mass is 9.95. The number of likely N-dealkylation sites (tertiary alicyclic amines) is 1. The molecule has 0 unspecified atom stereocenters. The summed E-state index contributed by atoms with van der Waals surface area (Å²) in [6, 6.07) is 15.9. The van der Waals surface area contributed by atoms with Crippen LogP contribution in [-0.2, 0) is 9.84 Å². The van der Waals surface area contributed by atoms with Gasteiger partial charge in [-0.25, -0.2) is 8.42 Å². The molecule has 3 rings (SSSR count). The van der Waals surface area contributed by atoms with Crippen LogP contribution in [-0.4, -0.2) is 44.6 Å². The predicted octanol–water partition coefficient (Wildman–Crippen LogP) is 2.08. The van der Waals surface area contributed by atoms with Crippen molar-refractivity contribution in [3.63, 3.8) is 0 Å². The molecule has 2 N–H and O–H groups in total. The van der Waals surface area contributed by atoms with Gasteiger partial charge < -0.3 is 10.6 Å². The van der Waals surface area contributed by atoms with Crippen LogP contribution in [0, 0.1) is 0 Å². The third kappa shape index (κ3) is 4.21. The van der Waals surface area contributed by atoms with Crippen LogP contribution in [0.4, 0.5) is 0 Å². The average molecular weight is 381 g/mol. The molecule has 7 heteroatoms. The SMILES string of the molecule is CS(=O)(=O)c1cccc(C(=O)N2C[C@@H](N)[C@H](c3ccccc3)C2)c1.Cl. The zero-order chi connectivity index (χ0) is 17.3. The number of hydrogen-bond donors (Lipinski definition) is 1. The number of amides is 1. The van der Waals surface area contributed by atoms with Gasteiger partial charge >= 0.3 is 0 Å². The van der Waals surface area contributed by atoms with E-state index in [0.29, 0.717) is 18.7 Å². The van der Waals surface area contributed by atoms with E-state index in [1.807, 2.05) is 30.3 Å². The summed E-state index contributed by atoms with van der Waals surface area (Å²) < 4.78 is 23.3. The molecular formula is C18H21ClN2O3S. The summed E-state index contributed by atoms with van der Waals surface area (Å²) in [5.74, 6) is -0.0948. The molecule has 1 heterocycles. The summed E-state index contributed by atoms with van der Waals surface area (Å²) in [6.07, 6.45) is 1.13. The first-order valence-corrected chi connectivity index (χ1v) is 9.65. The van der Waals surface area contributed by atoms with E-state index in [9.17, 15) is 13.2 Å². The first-order chi connectivity index (χ1) is 11.4.